The van der Waals surface area contributed by atoms with E-state index in [2.05, 4.69) is 13.8 Å². The number of hydrogen-bond acceptors (Lipinski definition) is 2. The summed E-state index contributed by atoms with van der Waals surface area (Å²) >= 11 is 18.0. The fraction of sp³-hybridized carbons (Fsp3) is 0.571. The number of rotatable bonds is 4. The van der Waals surface area contributed by atoms with Crippen LogP contribution in [0.2, 0.25) is 10.0 Å². The summed E-state index contributed by atoms with van der Waals surface area (Å²) in [5.41, 5.74) is 0.531. The second-order valence-electron chi connectivity index (χ2n) is 5.67. The molecule has 0 saturated carbocycles. The molecule has 0 aliphatic carbocycles. The predicted octanol–water partition coefficient (Wildman–Crippen LogP) is 4.40. The number of alkyl halides is 1. The molecule has 0 bridgehead atoms. The second-order valence-corrected chi connectivity index (χ2v) is 8.65. The molecule has 118 valence electrons. The smallest absolute Gasteiger partial charge is 0.207 e. The van der Waals surface area contributed by atoms with E-state index in [-0.39, 0.29) is 15.8 Å². The molecule has 1 aliphatic rings. The van der Waals surface area contributed by atoms with Gasteiger partial charge in [-0.15, -0.1) is 11.6 Å². The average molecular weight is 371 g/mol. The zero-order valence-electron chi connectivity index (χ0n) is 11.9. The number of sulfonamides is 1. The third-order valence-electron chi connectivity index (χ3n) is 3.97. The van der Waals surface area contributed by atoms with Crippen LogP contribution in [0.1, 0.15) is 25.8 Å². The lowest BCUT2D eigenvalue weighted by atomic mass is 9.96. The SMILES string of the molecule is CC(C)C1CCN(S(=O)(=O)c2cc(Cl)cc(CCl)c2Cl)C1. The summed E-state index contributed by atoms with van der Waals surface area (Å²) in [5.74, 6) is 0.958. The summed E-state index contributed by atoms with van der Waals surface area (Å²) in [6.07, 6.45) is 0.872. The Morgan fingerprint density at radius 2 is 2.00 bits per heavy atom. The average Bonchev–Trinajstić information content (AvgIpc) is 2.91. The maximum Gasteiger partial charge on any atom is 0.244 e. The van der Waals surface area contributed by atoms with Crippen molar-refractivity contribution in [2.75, 3.05) is 13.1 Å². The van der Waals surface area contributed by atoms with E-state index in [0.717, 1.165) is 6.42 Å². The van der Waals surface area contributed by atoms with Crippen molar-refractivity contribution in [1.29, 1.82) is 0 Å². The first-order chi connectivity index (χ1) is 9.77. The fourth-order valence-corrected chi connectivity index (χ4v) is 5.26. The molecular formula is C14H18Cl3NO2S. The van der Waals surface area contributed by atoms with Crippen molar-refractivity contribution in [1.82, 2.24) is 4.31 Å². The summed E-state index contributed by atoms with van der Waals surface area (Å²) in [6, 6.07) is 2.99. The summed E-state index contributed by atoms with van der Waals surface area (Å²) in [4.78, 5) is 0.0525. The Morgan fingerprint density at radius 1 is 1.33 bits per heavy atom. The summed E-state index contributed by atoms with van der Waals surface area (Å²) in [6.45, 7) is 5.26. The van der Waals surface area contributed by atoms with E-state index in [0.29, 0.717) is 35.5 Å². The Balaban J connectivity index is 2.39. The molecule has 1 heterocycles. The largest absolute Gasteiger partial charge is 0.244 e. The van der Waals surface area contributed by atoms with Crippen LogP contribution in [0.4, 0.5) is 0 Å². The molecule has 1 aromatic rings. The van der Waals surface area contributed by atoms with Gasteiger partial charge in [-0.25, -0.2) is 8.42 Å². The van der Waals surface area contributed by atoms with Gasteiger partial charge >= 0.3 is 0 Å². The van der Waals surface area contributed by atoms with Gasteiger partial charge in [-0.1, -0.05) is 37.0 Å². The van der Waals surface area contributed by atoms with Crippen molar-refractivity contribution in [3.05, 3.63) is 27.7 Å². The van der Waals surface area contributed by atoms with Crippen LogP contribution < -0.4 is 0 Å². The van der Waals surface area contributed by atoms with Crippen LogP contribution in [-0.4, -0.2) is 25.8 Å². The Morgan fingerprint density at radius 3 is 2.52 bits per heavy atom. The standard InChI is InChI=1S/C14H18Cl3NO2S/c1-9(2)10-3-4-18(8-10)21(19,20)13-6-12(16)5-11(7-15)14(13)17/h5-6,9-10H,3-4,7-8H2,1-2H3. The molecular weight excluding hydrogens is 353 g/mol. The summed E-state index contributed by atoms with van der Waals surface area (Å²) in [7, 11) is -3.63. The van der Waals surface area contributed by atoms with Crippen molar-refractivity contribution in [3.63, 3.8) is 0 Å². The lowest BCUT2D eigenvalue weighted by Crippen LogP contribution is -2.30. The van der Waals surface area contributed by atoms with Gasteiger partial charge in [0.2, 0.25) is 10.0 Å². The molecule has 0 N–H and O–H groups in total. The lowest BCUT2D eigenvalue weighted by molar-refractivity contribution is 0.388. The molecule has 1 aromatic carbocycles. The first-order valence-corrected chi connectivity index (χ1v) is 9.54. The van der Waals surface area contributed by atoms with Crippen molar-refractivity contribution in [2.24, 2.45) is 11.8 Å². The van der Waals surface area contributed by atoms with Gasteiger partial charge in [0.1, 0.15) is 4.90 Å². The first-order valence-electron chi connectivity index (χ1n) is 6.81. The highest BCUT2D eigenvalue weighted by Gasteiger charge is 2.35. The van der Waals surface area contributed by atoms with Gasteiger partial charge in [0, 0.05) is 24.0 Å². The minimum Gasteiger partial charge on any atom is -0.207 e. The fourth-order valence-electron chi connectivity index (χ4n) is 2.56. The minimum atomic E-state index is -3.63. The van der Waals surface area contributed by atoms with Crippen molar-refractivity contribution >= 4 is 44.8 Å². The van der Waals surface area contributed by atoms with Gasteiger partial charge in [-0.05, 0) is 36.0 Å². The first kappa shape index (κ1) is 17.4. The molecule has 1 aliphatic heterocycles. The Kier molecular flexibility index (Phi) is 5.48. The van der Waals surface area contributed by atoms with Crippen LogP contribution in [-0.2, 0) is 15.9 Å². The topological polar surface area (TPSA) is 37.4 Å². The van der Waals surface area contributed by atoms with Crippen LogP contribution in [0.15, 0.2) is 17.0 Å². The zero-order chi connectivity index (χ0) is 15.8. The van der Waals surface area contributed by atoms with E-state index >= 15 is 0 Å². The summed E-state index contributed by atoms with van der Waals surface area (Å²) in [5, 5.41) is 0.496. The molecule has 1 saturated heterocycles. The molecule has 2 rings (SSSR count). The highest BCUT2D eigenvalue weighted by molar-refractivity contribution is 7.89. The van der Waals surface area contributed by atoms with Gasteiger partial charge in [0.25, 0.3) is 0 Å². The molecule has 1 atom stereocenters. The van der Waals surface area contributed by atoms with E-state index in [1.807, 2.05) is 0 Å². The molecule has 21 heavy (non-hydrogen) atoms. The van der Waals surface area contributed by atoms with E-state index < -0.39 is 10.0 Å². The molecule has 7 heteroatoms. The predicted molar refractivity (Wildman–Crippen MR) is 87.7 cm³/mol. The van der Waals surface area contributed by atoms with Crippen molar-refractivity contribution < 1.29 is 8.42 Å². The van der Waals surface area contributed by atoms with Crippen LogP contribution in [0, 0.1) is 11.8 Å². The third-order valence-corrected chi connectivity index (χ3v) is 6.93. The Hall–Kier alpha value is -0.000000000000000111. The van der Waals surface area contributed by atoms with Crippen LogP contribution in [0.25, 0.3) is 0 Å². The molecule has 1 fully saturated rings. The maximum atomic E-state index is 12.8. The van der Waals surface area contributed by atoms with Crippen molar-refractivity contribution in [2.45, 2.75) is 31.0 Å². The van der Waals surface area contributed by atoms with Gasteiger partial charge in [-0.2, -0.15) is 4.31 Å². The Labute approximate surface area is 141 Å². The molecule has 3 nitrogen and oxygen atoms in total. The summed E-state index contributed by atoms with van der Waals surface area (Å²) < 4.78 is 27.1. The van der Waals surface area contributed by atoms with E-state index in [1.165, 1.54) is 10.4 Å². The normalized spacial score (nSPS) is 20.4. The van der Waals surface area contributed by atoms with Crippen molar-refractivity contribution in [3.8, 4) is 0 Å². The van der Waals surface area contributed by atoms with E-state index in [1.54, 1.807) is 6.07 Å². The Bertz CT molecular complexity index is 631. The molecule has 0 aromatic heterocycles. The lowest BCUT2D eigenvalue weighted by Gasteiger charge is -2.19. The highest BCUT2D eigenvalue weighted by atomic mass is 35.5. The maximum absolute atomic E-state index is 12.8. The van der Waals surface area contributed by atoms with E-state index in [9.17, 15) is 8.42 Å². The number of hydrogen-bond donors (Lipinski definition) is 0. The molecule has 0 spiro atoms. The van der Waals surface area contributed by atoms with E-state index in [4.69, 9.17) is 34.8 Å². The number of nitrogens with zero attached hydrogens (tertiary/aromatic N) is 1. The number of halogens is 3. The minimum absolute atomic E-state index is 0.0525. The van der Waals surface area contributed by atoms with Gasteiger partial charge in [0.05, 0.1) is 5.02 Å². The van der Waals surface area contributed by atoms with Crippen LogP contribution in [0.3, 0.4) is 0 Å². The third kappa shape index (κ3) is 3.50. The van der Waals surface area contributed by atoms with Gasteiger partial charge in [-0.3, -0.25) is 0 Å². The molecule has 1 unspecified atom stereocenters. The monoisotopic (exact) mass is 369 g/mol. The van der Waals surface area contributed by atoms with Crippen LogP contribution >= 0.6 is 34.8 Å². The second kappa shape index (κ2) is 6.63. The van der Waals surface area contributed by atoms with Gasteiger partial charge in [0.15, 0.2) is 0 Å². The number of benzene rings is 1. The van der Waals surface area contributed by atoms with Gasteiger partial charge < -0.3 is 0 Å². The molecule has 0 amide bonds. The van der Waals surface area contributed by atoms with Crippen LogP contribution in [0.5, 0.6) is 0 Å². The highest BCUT2D eigenvalue weighted by Crippen LogP contribution is 2.35. The zero-order valence-corrected chi connectivity index (χ0v) is 15.0. The molecule has 0 radical (unpaired) electrons. The quantitative estimate of drug-likeness (QED) is 0.737.